The van der Waals surface area contributed by atoms with E-state index in [4.69, 9.17) is 5.11 Å². The van der Waals surface area contributed by atoms with Crippen molar-refractivity contribution in [3.63, 3.8) is 0 Å². The Morgan fingerprint density at radius 3 is 2.25 bits per heavy atom. The van der Waals surface area contributed by atoms with Crippen LogP contribution in [0.4, 0.5) is 0 Å². The Morgan fingerprint density at radius 1 is 1.25 bits per heavy atom. The molecular formula is C12H21NO3. The molecule has 0 aromatic rings. The Hall–Kier alpha value is -1.06. The van der Waals surface area contributed by atoms with Crippen molar-refractivity contribution in [3.05, 3.63) is 0 Å². The van der Waals surface area contributed by atoms with Crippen molar-refractivity contribution in [1.82, 2.24) is 4.90 Å². The van der Waals surface area contributed by atoms with Crippen LogP contribution in [0, 0.1) is 11.8 Å². The summed E-state index contributed by atoms with van der Waals surface area (Å²) in [5, 5.41) is 8.71. The number of amides is 1. The van der Waals surface area contributed by atoms with Gasteiger partial charge >= 0.3 is 5.97 Å². The number of carbonyl (C=O) groups is 2. The summed E-state index contributed by atoms with van der Waals surface area (Å²) in [6.45, 7) is 4.35. The maximum atomic E-state index is 12.0. The monoisotopic (exact) mass is 227 g/mol. The number of carboxylic acids is 1. The summed E-state index contributed by atoms with van der Waals surface area (Å²) in [6, 6.07) is 0. The van der Waals surface area contributed by atoms with E-state index in [1.54, 1.807) is 0 Å². The molecule has 0 aromatic carbocycles. The molecule has 0 unspecified atom stereocenters. The molecule has 16 heavy (non-hydrogen) atoms. The molecule has 0 aromatic heterocycles. The molecule has 0 bridgehead atoms. The minimum absolute atomic E-state index is 0.0248. The average molecular weight is 227 g/mol. The average Bonchev–Trinajstić information content (AvgIpc) is 2.25. The van der Waals surface area contributed by atoms with Crippen molar-refractivity contribution < 1.29 is 14.7 Å². The van der Waals surface area contributed by atoms with Crippen LogP contribution in [0.5, 0.6) is 0 Å². The predicted molar refractivity (Wildman–Crippen MR) is 61.0 cm³/mol. The van der Waals surface area contributed by atoms with Gasteiger partial charge in [-0.3, -0.25) is 9.59 Å². The van der Waals surface area contributed by atoms with Crippen LogP contribution in [0.25, 0.3) is 0 Å². The highest BCUT2D eigenvalue weighted by Gasteiger charge is 2.28. The number of carboxylic acid groups (broad SMARTS) is 1. The van der Waals surface area contributed by atoms with E-state index >= 15 is 0 Å². The van der Waals surface area contributed by atoms with Crippen LogP contribution in [0.1, 0.15) is 39.5 Å². The second kappa shape index (κ2) is 5.87. The topological polar surface area (TPSA) is 57.6 Å². The van der Waals surface area contributed by atoms with E-state index < -0.39 is 5.97 Å². The molecule has 1 aliphatic carbocycles. The maximum absolute atomic E-state index is 12.0. The highest BCUT2D eigenvalue weighted by molar-refractivity contribution is 5.83. The third-order valence-electron chi connectivity index (χ3n) is 3.38. The molecule has 1 rings (SSSR count). The van der Waals surface area contributed by atoms with E-state index in [2.05, 4.69) is 6.92 Å². The van der Waals surface area contributed by atoms with Crippen molar-refractivity contribution in [2.75, 3.05) is 13.1 Å². The molecule has 0 heterocycles. The first-order valence-corrected chi connectivity index (χ1v) is 6.05. The van der Waals surface area contributed by atoms with Crippen LogP contribution in [0.2, 0.25) is 0 Å². The van der Waals surface area contributed by atoms with E-state index in [1.165, 1.54) is 4.90 Å². The lowest BCUT2D eigenvalue weighted by atomic mass is 9.82. The fraction of sp³-hybridized carbons (Fsp3) is 0.833. The summed E-state index contributed by atoms with van der Waals surface area (Å²) in [5.41, 5.74) is 0. The number of carbonyl (C=O) groups excluding carboxylic acids is 1. The molecule has 4 nitrogen and oxygen atoms in total. The first kappa shape index (κ1) is 13.0. The third kappa shape index (κ3) is 3.51. The second-order valence-corrected chi connectivity index (χ2v) is 4.70. The first-order chi connectivity index (χ1) is 7.54. The van der Waals surface area contributed by atoms with Crippen LogP contribution in [0.15, 0.2) is 0 Å². The van der Waals surface area contributed by atoms with E-state index in [0.717, 1.165) is 25.7 Å². The summed E-state index contributed by atoms with van der Waals surface area (Å²) in [4.78, 5) is 24.1. The van der Waals surface area contributed by atoms with Gasteiger partial charge in [-0.25, -0.2) is 0 Å². The summed E-state index contributed by atoms with van der Waals surface area (Å²) in [6.07, 6.45) is 3.99. The molecule has 0 atom stereocenters. The molecule has 0 spiro atoms. The van der Waals surface area contributed by atoms with Gasteiger partial charge in [0.25, 0.3) is 0 Å². The summed E-state index contributed by atoms with van der Waals surface area (Å²) < 4.78 is 0. The van der Waals surface area contributed by atoms with Crippen LogP contribution >= 0.6 is 0 Å². The number of nitrogens with zero attached hydrogens (tertiary/aromatic N) is 1. The molecule has 0 radical (unpaired) electrons. The van der Waals surface area contributed by atoms with Gasteiger partial charge in [0.05, 0.1) is 0 Å². The van der Waals surface area contributed by atoms with Gasteiger partial charge in [-0.05, 0) is 38.5 Å². The van der Waals surface area contributed by atoms with Gasteiger partial charge in [0.1, 0.15) is 6.54 Å². The Labute approximate surface area is 96.6 Å². The molecule has 1 N–H and O–H groups in total. The van der Waals surface area contributed by atoms with Gasteiger partial charge in [-0.1, -0.05) is 6.92 Å². The lowest BCUT2D eigenvalue weighted by Gasteiger charge is -2.29. The molecule has 1 saturated carbocycles. The zero-order valence-electron chi connectivity index (χ0n) is 10.1. The SMILES string of the molecule is CCN(CC(=O)O)C(=O)C1CCC(C)CC1. The summed E-state index contributed by atoms with van der Waals surface area (Å²) in [5.74, 6) is -0.148. The summed E-state index contributed by atoms with van der Waals surface area (Å²) in [7, 11) is 0. The molecule has 92 valence electrons. The van der Waals surface area contributed by atoms with Crippen molar-refractivity contribution in [1.29, 1.82) is 0 Å². The van der Waals surface area contributed by atoms with E-state index in [1.807, 2.05) is 6.92 Å². The van der Waals surface area contributed by atoms with Crippen molar-refractivity contribution in [2.24, 2.45) is 11.8 Å². The number of rotatable bonds is 4. The molecule has 0 aliphatic heterocycles. The number of likely N-dealkylation sites (N-methyl/N-ethyl adjacent to an activating group) is 1. The molecular weight excluding hydrogens is 206 g/mol. The minimum atomic E-state index is -0.931. The number of aliphatic carboxylic acids is 1. The second-order valence-electron chi connectivity index (χ2n) is 4.70. The van der Waals surface area contributed by atoms with Crippen LogP contribution in [-0.4, -0.2) is 35.0 Å². The quantitative estimate of drug-likeness (QED) is 0.796. The maximum Gasteiger partial charge on any atom is 0.323 e. The van der Waals surface area contributed by atoms with E-state index in [9.17, 15) is 9.59 Å². The Kier molecular flexibility index (Phi) is 4.77. The zero-order valence-corrected chi connectivity index (χ0v) is 10.1. The fourth-order valence-corrected chi connectivity index (χ4v) is 2.27. The van der Waals surface area contributed by atoms with Crippen molar-refractivity contribution in [2.45, 2.75) is 39.5 Å². The number of hydrogen-bond donors (Lipinski definition) is 1. The largest absolute Gasteiger partial charge is 0.480 e. The van der Waals surface area contributed by atoms with E-state index in [-0.39, 0.29) is 18.4 Å². The van der Waals surface area contributed by atoms with Crippen molar-refractivity contribution in [3.8, 4) is 0 Å². The Morgan fingerprint density at radius 2 is 1.81 bits per heavy atom. The Bertz CT molecular complexity index is 257. The fourth-order valence-electron chi connectivity index (χ4n) is 2.27. The zero-order chi connectivity index (χ0) is 12.1. The van der Waals surface area contributed by atoms with Gasteiger partial charge in [-0.15, -0.1) is 0 Å². The molecule has 1 aliphatic rings. The normalized spacial score (nSPS) is 25.1. The highest BCUT2D eigenvalue weighted by atomic mass is 16.4. The van der Waals surface area contributed by atoms with Gasteiger partial charge in [0.2, 0.25) is 5.91 Å². The van der Waals surface area contributed by atoms with Crippen LogP contribution in [0.3, 0.4) is 0 Å². The number of hydrogen-bond acceptors (Lipinski definition) is 2. The molecule has 4 heteroatoms. The molecule has 0 saturated heterocycles. The van der Waals surface area contributed by atoms with Gasteiger partial charge in [0.15, 0.2) is 0 Å². The first-order valence-electron chi connectivity index (χ1n) is 6.05. The van der Waals surface area contributed by atoms with Gasteiger partial charge < -0.3 is 10.0 Å². The predicted octanol–water partition coefficient (Wildman–Crippen LogP) is 1.75. The molecule has 1 amide bonds. The smallest absolute Gasteiger partial charge is 0.323 e. The standard InChI is InChI=1S/C12H21NO3/c1-3-13(8-11(14)15)12(16)10-6-4-9(2)5-7-10/h9-10H,3-8H2,1-2H3,(H,14,15). The van der Waals surface area contributed by atoms with Crippen LogP contribution < -0.4 is 0 Å². The highest BCUT2D eigenvalue weighted by Crippen LogP contribution is 2.29. The lowest BCUT2D eigenvalue weighted by Crippen LogP contribution is -2.40. The van der Waals surface area contributed by atoms with Crippen molar-refractivity contribution >= 4 is 11.9 Å². The minimum Gasteiger partial charge on any atom is -0.480 e. The summed E-state index contributed by atoms with van der Waals surface area (Å²) >= 11 is 0. The molecule has 1 fully saturated rings. The van der Waals surface area contributed by atoms with Gasteiger partial charge in [0, 0.05) is 12.5 Å². The third-order valence-corrected chi connectivity index (χ3v) is 3.38. The lowest BCUT2D eigenvalue weighted by molar-refractivity contribution is -0.146. The van der Waals surface area contributed by atoms with Gasteiger partial charge in [-0.2, -0.15) is 0 Å². The Balaban J connectivity index is 2.51. The van der Waals surface area contributed by atoms with E-state index in [0.29, 0.717) is 12.5 Å². The van der Waals surface area contributed by atoms with Crippen LogP contribution in [-0.2, 0) is 9.59 Å².